The van der Waals surface area contributed by atoms with Gasteiger partial charge < -0.3 is 0 Å². The predicted octanol–water partition coefficient (Wildman–Crippen LogP) is 4.53. The van der Waals surface area contributed by atoms with E-state index >= 15 is 0 Å². The molecule has 0 atom stereocenters. The third-order valence-electron chi connectivity index (χ3n) is 1.88. The first kappa shape index (κ1) is 12.1. The van der Waals surface area contributed by atoms with Gasteiger partial charge in [0.25, 0.3) is 0 Å². The van der Waals surface area contributed by atoms with Crippen molar-refractivity contribution in [1.82, 2.24) is 0 Å². The molecular weight excluding hydrogens is 255 g/mol. The van der Waals surface area contributed by atoms with Crippen LogP contribution >= 0.6 is 33.2 Å². The van der Waals surface area contributed by atoms with E-state index in [-0.39, 0.29) is 0 Å². The first-order valence-corrected chi connectivity index (χ1v) is 9.54. The first-order chi connectivity index (χ1) is 6.51. The maximum atomic E-state index is 5.81. The zero-order chi connectivity index (χ0) is 10.6. The number of aryl methyl sites for hydroxylation is 1. The molecule has 0 aliphatic rings. The standard InChI is InChI=1S/C10H11Cl3Si/c1-2-9-4-3-5-10(8-9)6-7-14(11,12)13/h2-5,8H,1,6-7H2. The van der Waals surface area contributed by atoms with Gasteiger partial charge in [-0.2, -0.15) is 0 Å². The third kappa shape index (κ3) is 4.51. The van der Waals surface area contributed by atoms with Crippen LogP contribution in [0.25, 0.3) is 6.08 Å². The molecule has 0 aromatic heterocycles. The Hall–Kier alpha value is 0.0469. The fraction of sp³-hybridized carbons (Fsp3) is 0.200. The van der Waals surface area contributed by atoms with E-state index in [0.29, 0.717) is 6.04 Å². The van der Waals surface area contributed by atoms with Crippen molar-refractivity contribution in [3.05, 3.63) is 42.0 Å². The second-order valence-corrected chi connectivity index (χ2v) is 12.3. The molecule has 0 saturated heterocycles. The molecule has 76 valence electrons. The molecule has 0 unspecified atom stereocenters. The SMILES string of the molecule is C=Cc1cccc(CC[Si](Cl)(Cl)Cl)c1. The molecule has 1 aromatic carbocycles. The van der Waals surface area contributed by atoms with Gasteiger partial charge in [-0.1, -0.05) is 36.9 Å². The second-order valence-electron chi connectivity index (χ2n) is 3.06. The van der Waals surface area contributed by atoms with E-state index in [1.54, 1.807) is 0 Å². The van der Waals surface area contributed by atoms with Crippen LogP contribution in [-0.4, -0.2) is 6.00 Å². The molecule has 0 radical (unpaired) electrons. The van der Waals surface area contributed by atoms with Crippen LogP contribution in [0.3, 0.4) is 0 Å². The van der Waals surface area contributed by atoms with Gasteiger partial charge >= 0.3 is 6.00 Å². The maximum Gasteiger partial charge on any atom is 0.341 e. The van der Waals surface area contributed by atoms with E-state index in [2.05, 4.69) is 12.6 Å². The summed E-state index contributed by atoms with van der Waals surface area (Å²) in [7, 11) is 0. The van der Waals surface area contributed by atoms with Crippen LogP contribution in [0.2, 0.25) is 6.04 Å². The van der Waals surface area contributed by atoms with Crippen LogP contribution in [-0.2, 0) is 6.42 Å². The molecule has 0 fully saturated rings. The van der Waals surface area contributed by atoms with Gasteiger partial charge in [0.2, 0.25) is 0 Å². The smallest absolute Gasteiger partial charge is 0.126 e. The lowest BCUT2D eigenvalue weighted by Crippen LogP contribution is -2.09. The van der Waals surface area contributed by atoms with Gasteiger partial charge in [-0.15, -0.1) is 33.2 Å². The van der Waals surface area contributed by atoms with Gasteiger partial charge in [-0.3, -0.25) is 0 Å². The van der Waals surface area contributed by atoms with Crippen molar-refractivity contribution >= 4 is 45.3 Å². The maximum absolute atomic E-state index is 5.81. The fourth-order valence-electron chi connectivity index (χ4n) is 1.16. The number of hydrogen-bond acceptors (Lipinski definition) is 0. The van der Waals surface area contributed by atoms with Gasteiger partial charge in [0, 0.05) is 0 Å². The van der Waals surface area contributed by atoms with Gasteiger partial charge in [0.05, 0.1) is 0 Å². The molecule has 0 N–H and O–H groups in total. The fourth-order valence-corrected chi connectivity index (χ4v) is 2.58. The molecule has 0 saturated carbocycles. The molecule has 0 aliphatic carbocycles. The molecule has 1 rings (SSSR count). The summed E-state index contributed by atoms with van der Waals surface area (Å²) in [6.45, 7) is 3.71. The highest BCUT2D eigenvalue weighted by Gasteiger charge is 2.23. The average molecular weight is 266 g/mol. The van der Waals surface area contributed by atoms with E-state index in [4.69, 9.17) is 33.2 Å². The molecule has 4 heteroatoms. The highest BCUT2D eigenvalue weighted by Crippen LogP contribution is 2.26. The summed E-state index contributed by atoms with van der Waals surface area (Å²) in [5.74, 6) is 0. The Balaban J connectivity index is 2.63. The number of rotatable bonds is 4. The van der Waals surface area contributed by atoms with Crippen LogP contribution in [0.1, 0.15) is 11.1 Å². The van der Waals surface area contributed by atoms with Crippen molar-refractivity contribution in [2.24, 2.45) is 0 Å². The first-order valence-electron chi connectivity index (χ1n) is 4.29. The van der Waals surface area contributed by atoms with Crippen LogP contribution in [0.5, 0.6) is 0 Å². The van der Waals surface area contributed by atoms with Crippen molar-refractivity contribution in [3.8, 4) is 0 Å². The van der Waals surface area contributed by atoms with Gasteiger partial charge in [-0.05, 0) is 23.6 Å². The van der Waals surface area contributed by atoms with Crippen molar-refractivity contribution in [2.75, 3.05) is 0 Å². The van der Waals surface area contributed by atoms with Crippen LogP contribution in [0.15, 0.2) is 30.8 Å². The summed E-state index contributed by atoms with van der Waals surface area (Å²) in [6.07, 6.45) is 2.64. The summed E-state index contributed by atoms with van der Waals surface area (Å²) in [6, 6.07) is 6.29. The van der Waals surface area contributed by atoms with Gasteiger partial charge in [-0.25, -0.2) is 0 Å². The zero-order valence-corrected chi connectivity index (χ0v) is 10.9. The van der Waals surface area contributed by atoms with E-state index in [9.17, 15) is 0 Å². The summed E-state index contributed by atoms with van der Waals surface area (Å²) in [5, 5.41) is 0. The second kappa shape index (κ2) is 5.22. The van der Waals surface area contributed by atoms with Gasteiger partial charge in [0.15, 0.2) is 0 Å². The summed E-state index contributed by atoms with van der Waals surface area (Å²) in [5.41, 5.74) is 2.30. The van der Waals surface area contributed by atoms with E-state index in [0.717, 1.165) is 12.0 Å². The predicted molar refractivity (Wildman–Crippen MR) is 68.4 cm³/mol. The summed E-state index contributed by atoms with van der Waals surface area (Å²) >= 11 is 17.4. The molecule has 1 aromatic rings. The van der Waals surface area contributed by atoms with Crippen LogP contribution < -0.4 is 0 Å². The highest BCUT2D eigenvalue weighted by molar-refractivity contribution is 7.64. The monoisotopic (exact) mass is 264 g/mol. The lowest BCUT2D eigenvalue weighted by Gasteiger charge is -2.07. The van der Waals surface area contributed by atoms with Crippen molar-refractivity contribution in [2.45, 2.75) is 12.5 Å². The van der Waals surface area contributed by atoms with Crippen molar-refractivity contribution in [3.63, 3.8) is 0 Å². The highest BCUT2D eigenvalue weighted by atomic mass is 35.8. The lowest BCUT2D eigenvalue weighted by atomic mass is 10.1. The minimum atomic E-state index is -2.48. The largest absolute Gasteiger partial charge is 0.341 e. The topological polar surface area (TPSA) is 0 Å². The Kier molecular flexibility index (Phi) is 4.52. The van der Waals surface area contributed by atoms with Crippen LogP contribution in [0, 0.1) is 0 Å². The quantitative estimate of drug-likeness (QED) is 0.554. The van der Waals surface area contributed by atoms with Gasteiger partial charge in [0.1, 0.15) is 0 Å². The van der Waals surface area contributed by atoms with E-state index in [1.807, 2.05) is 24.3 Å². The minimum absolute atomic E-state index is 0.665. The Morgan fingerprint density at radius 1 is 1.29 bits per heavy atom. The normalized spacial score (nSPS) is 11.4. The number of benzene rings is 1. The molecule has 0 spiro atoms. The summed E-state index contributed by atoms with van der Waals surface area (Å²) in [4.78, 5) is 0. The molecule has 0 amide bonds. The number of halogens is 3. The zero-order valence-electron chi connectivity index (χ0n) is 7.64. The van der Waals surface area contributed by atoms with E-state index < -0.39 is 6.00 Å². The molecule has 0 heterocycles. The average Bonchev–Trinajstić information content (AvgIpc) is 2.14. The molecular formula is C10H11Cl3Si. The number of hydrogen-bond donors (Lipinski definition) is 0. The summed E-state index contributed by atoms with van der Waals surface area (Å²) < 4.78 is 0. The van der Waals surface area contributed by atoms with E-state index in [1.165, 1.54) is 5.56 Å². The third-order valence-corrected chi connectivity index (χ3v) is 4.40. The van der Waals surface area contributed by atoms with Crippen molar-refractivity contribution in [1.29, 1.82) is 0 Å². The molecule has 14 heavy (non-hydrogen) atoms. The molecule has 0 bridgehead atoms. The Morgan fingerprint density at radius 2 is 2.00 bits per heavy atom. The molecule has 0 aliphatic heterocycles. The Labute approximate surface area is 99.6 Å². The van der Waals surface area contributed by atoms with Crippen LogP contribution in [0.4, 0.5) is 0 Å². The molecule has 0 nitrogen and oxygen atoms in total. The minimum Gasteiger partial charge on any atom is -0.126 e. The lowest BCUT2D eigenvalue weighted by molar-refractivity contribution is 1.12. The van der Waals surface area contributed by atoms with Crippen molar-refractivity contribution < 1.29 is 0 Å². The Bertz CT molecular complexity index is 317. The Morgan fingerprint density at radius 3 is 2.57 bits per heavy atom.